The van der Waals surface area contributed by atoms with Crippen LogP contribution in [-0.2, 0) is 26.2 Å². The van der Waals surface area contributed by atoms with Crippen LogP contribution in [0.2, 0.25) is 0 Å². The third kappa shape index (κ3) is 5.61. The number of phenols is 1. The van der Waals surface area contributed by atoms with E-state index in [1.807, 2.05) is 6.07 Å². The van der Waals surface area contributed by atoms with E-state index in [2.05, 4.69) is 20.5 Å². The normalized spacial score (nSPS) is 27.8. The number of piperidine rings is 1. The van der Waals surface area contributed by atoms with E-state index in [9.17, 15) is 24.6 Å². The van der Waals surface area contributed by atoms with Crippen molar-refractivity contribution in [2.75, 3.05) is 39.8 Å². The standard InChI is InChI=1S/C32H45N7O7/c1-18(40)37-21(4-3-12-36-29(33)34)28(42)35-13-15-38(2)30(43)45-23-9-10-32(44)24-16-20-7-8-22(41)26-25(20)31(32,27(23)46-26)11-14-39(24)17-19-5-6-19/h7-9,19,21,24,27,41,44H,3-6,10-17H2,1-2H3,(H,35,42)(H,37,40)(H4,33,34,36). The summed E-state index contributed by atoms with van der Waals surface area (Å²) in [6.45, 7) is 3.67. The Morgan fingerprint density at radius 3 is 2.78 bits per heavy atom. The number of likely N-dealkylation sites (N-methyl/N-ethyl adjacent to an activating group) is 1. The average molecular weight is 640 g/mol. The molecule has 2 bridgehead atoms. The summed E-state index contributed by atoms with van der Waals surface area (Å²) in [5, 5.41) is 28.8. The molecule has 1 saturated heterocycles. The lowest BCUT2D eigenvalue weighted by atomic mass is 9.50. The van der Waals surface area contributed by atoms with Gasteiger partial charge in [-0.1, -0.05) is 6.07 Å². The van der Waals surface area contributed by atoms with Crippen LogP contribution < -0.4 is 26.8 Å². The predicted molar refractivity (Wildman–Crippen MR) is 168 cm³/mol. The number of aromatic hydroxyl groups is 1. The second-order valence-electron chi connectivity index (χ2n) is 13.3. The molecule has 1 aromatic rings. The predicted octanol–water partition coefficient (Wildman–Crippen LogP) is 0.193. The summed E-state index contributed by atoms with van der Waals surface area (Å²) in [7, 11) is 1.56. The van der Waals surface area contributed by atoms with E-state index in [-0.39, 0.29) is 42.7 Å². The first-order valence-electron chi connectivity index (χ1n) is 16.2. The number of phenolic OH excluding ortho intramolecular Hbond substituents is 1. The Morgan fingerprint density at radius 2 is 2.07 bits per heavy atom. The molecule has 5 aliphatic rings. The van der Waals surface area contributed by atoms with Crippen LogP contribution in [0.3, 0.4) is 0 Å². The minimum absolute atomic E-state index is 0.0103. The van der Waals surface area contributed by atoms with Crippen LogP contribution in [0.15, 0.2) is 29.0 Å². The Bertz CT molecular complexity index is 1460. The van der Waals surface area contributed by atoms with Gasteiger partial charge in [0.2, 0.25) is 11.8 Å². The molecule has 250 valence electrons. The van der Waals surface area contributed by atoms with Crippen molar-refractivity contribution in [3.63, 3.8) is 0 Å². The number of nitrogens with zero attached hydrogens (tertiary/aromatic N) is 3. The second-order valence-corrected chi connectivity index (χ2v) is 13.3. The molecular formula is C32H45N7O7. The first-order chi connectivity index (χ1) is 21.9. The monoisotopic (exact) mass is 639 g/mol. The van der Waals surface area contributed by atoms with Crippen LogP contribution >= 0.6 is 0 Å². The number of hydrogen-bond donors (Lipinski definition) is 6. The zero-order valence-electron chi connectivity index (χ0n) is 26.5. The number of carbonyl (C=O) groups is 3. The second kappa shape index (κ2) is 12.3. The first-order valence-corrected chi connectivity index (χ1v) is 16.2. The van der Waals surface area contributed by atoms with Crippen LogP contribution in [0, 0.1) is 5.92 Å². The quantitative estimate of drug-likeness (QED) is 0.104. The molecule has 3 aliphatic carbocycles. The number of amides is 3. The Balaban J connectivity index is 1.12. The Morgan fingerprint density at radius 1 is 1.28 bits per heavy atom. The molecule has 1 aromatic carbocycles. The van der Waals surface area contributed by atoms with E-state index in [4.69, 9.17) is 20.9 Å². The molecule has 2 aliphatic heterocycles. The zero-order chi connectivity index (χ0) is 32.8. The molecule has 0 aromatic heterocycles. The number of ether oxygens (including phenoxy) is 2. The Labute approximate surface area is 268 Å². The lowest BCUT2D eigenvalue weighted by molar-refractivity contribution is -0.169. The fourth-order valence-corrected chi connectivity index (χ4v) is 7.92. The van der Waals surface area contributed by atoms with Gasteiger partial charge in [-0.2, -0.15) is 0 Å². The molecule has 14 heteroatoms. The maximum Gasteiger partial charge on any atom is 0.414 e. The Hall–Kier alpha value is -4.04. The summed E-state index contributed by atoms with van der Waals surface area (Å²) in [6, 6.07) is 2.70. The van der Waals surface area contributed by atoms with E-state index in [0.29, 0.717) is 56.1 Å². The molecule has 46 heavy (non-hydrogen) atoms. The van der Waals surface area contributed by atoms with Crippen molar-refractivity contribution in [1.82, 2.24) is 20.4 Å². The van der Waals surface area contributed by atoms with E-state index in [0.717, 1.165) is 24.2 Å². The minimum atomic E-state index is -1.14. The third-order valence-corrected chi connectivity index (χ3v) is 10.3. The largest absolute Gasteiger partial charge is 0.504 e. The third-order valence-electron chi connectivity index (χ3n) is 10.3. The molecule has 1 saturated carbocycles. The highest BCUT2D eigenvalue weighted by Crippen LogP contribution is 2.65. The summed E-state index contributed by atoms with van der Waals surface area (Å²) in [5.41, 5.74) is 10.6. The number of benzene rings is 1. The molecule has 2 heterocycles. The van der Waals surface area contributed by atoms with Crippen molar-refractivity contribution in [2.45, 2.75) is 81.1 Å². The number of nitrogens with two attached hydrogens (primary N) is 2. The summed E-state index contributed by atoms with van der Waals surface area (Å²) in [4.78, 5) is 45.4. The smallest absolute Gasteiger partial charge is 0.414 e. The lowest BCUT2D eigenvalue weighted by Gasteiger charge is -2.62. The molecule has 0 radical (unpaired) electrons. The number of likely N-dealkylation sites (tertiary alicyclic amines) is 1. The van der Waals surface area contributed by atoms with Crippen molar-refractivity contribution in [3.8, 4) is 11.5 Å². The zero-order valence-corrected chi connectivity index (χ0v) is 26.5. The van der Waals surface area contributed by atoms with Crippen LogP contribution in [0.4, 0.5) is 4.79 Å². The van der Waals surface area contributed by atoms with Crippen molar-refractivity contribution in [3.05, 3.63) is 35.1 Å². The van der Waals surface area contributed by atoms with Gasteiger partial charge in [-0.25, -0.2) is 4.79 Å². The molecule has 14 nitrogen and oxygen atoms in total. The molecule has 6 rings (SSSR count). The molecule has 5 atom stereocenters. The molecule has 3 amide bonds. The highest BCUT2D eigenvalue weighted by atomic mass is 16.6. The van der Waals surface area contributed by atoms with Crippen molar-refractivity contribution in [2.24, 2.45) is 22.4 Å². The number of nitrogens with one attached hydrogen (secondary N) is 2. The van der Waals surface area contributed by atoms with Crippen LogP contribution in [0.1, 0.15) is 56.6 Å². The molecular weight excluding hydrogens is 594 g/mol. The minimum Gasteiger partial charge on any atom is -0.504 e. The van der Waals surface area contributed by atoms with Gasteiger partial charge in [-0.05, 0) is 68.7 Å². The van der Waals surface area contributed by atoms with E-state index >= 15 is 0 Å². The first kappa shape index (κ1) is 31.9. The van der Waals surface area contributed by atoms with Gasteiger partial charge in [-0.15, -0.1) is 0 Å². The molecule has 5 unspecified atom stereocenters. The fourth-order valence-electron chi connectivity index (χ4n) is 7.92. The number of rotatable bonds is 12. The summed E-state index contributed by atoms with van der Waals surface area (Å²) < 4.78 is 12.4. The van der Waals surface area contributed by atoms with Gasteiger partial charge in [0.25, 0.3) is 0 Å². The topological polar surface area (TPSA) is 205 Å². The SMILES string of the molecule is CC(=O)NC(CCCN=C(N)N)C(=O)NCCN(C)C(=O)OC1=CCC2(O)C3Cc4ccc(O)c5c4C2(CCN3CC2CC2)C1O5. The number of carbonyl (C=O) groups excluding carboxylic acids is 3. The maximum atomic E-state index is 13.3. The van der Waals surface area contributed by atoms with E-state index in [1.165, 1.54) is 24.7 Å². The van der Waals surface area contributed by atoms with Gasteiger partial charge in [0.1, 0.15) is 11.8 Å². The highest BCUT2D eigenvalue weighted by Gasteiger charge is 2.72. The summed E-state index contributed by atoms with van der Waals surface area (Å²) >= 11 is 0. The van der Waals surface area contributed by atoms with Crippen molar-refractivity contribution >= 4 is 23.9 Å². The average Bonchev–Trinajstić information content (AvgIpc) is 3.75. The molecule has 1 spiro atoms. The van der Waals surface area contributed by atoms with Crippen molar-refractivity contribution in [1.29, 1.82) is 0 Å². The molecule has 2 fully saturated rings. The van der Waals surface area contributed by atoms with Crippen LogP contribution in [0.5, 0.6) is 11.5 Å². The molecule has 8 N–H and O–H groups in total. The highest BCUT2D eigenvalue weighted by molar-refractivity contribution is 5.86. The summed E-state index contributed by atoms with van der Waals surface area (Å²) in [6.07, 6.45) is 5.19. The number of aliphatic hydroxyl groups is 1. The number of hydrogen-bond acceptors (Lipinski definition) is 9. The fraction of sp³-hybridized carbons (Fsp3) is 0.625. The van der Waals surface area contributed by atoms with Gasteiger partial charge in [0, 0.05) is 58.2 Å². The van der Waals surface area contributed by atoms with Crippen LogP contribution in [0.25, 0.3) is 0 Å². The Kier molecular flexibility index (Phi) is 8.53. The summed E-state index contributed by atoms with van der Waals surface area (Å²) in [5.74, 6) is 0.590. The van der Waals surface area contributed by atoms with Gasteiger partial charge in [0.05, 0.1) is 11.0 Å². The van der Waals surface area contributed by atoms with E-state index < -0.39 is 29.3 Å². The van der Waals surface area contributed by atoms with Crippen molar-refractivity contribution < 1.29 is 34.1 Å². The van der Waals surface area contributed by atoms with Gasteiger partial charge < -0.3 is 46.7 Å². The maximum absolute atomic E-state index is 13.3. The van der Waals surface area contributed by atoms with Gasteiger partial charge >= 0.3 is 6.09 Å². The number of guanidine groups is 1. The van der Waals surface area contributed by atoms with Crippen LogP contribution in [-0.4, -0.2) is 107 Å². The lowest BCUT2D eigenvalue weighted by Crippen LogP contribution is -2.75. The number of aliphatic imine (C=N–C) groups is 1. The van der Waals surface area contributed by atoms with E-state index in [1.54, 1.807) is 19.2 Å². The van der Waals surface area contributed by atoms with Gasteiger partial charge in [-0.3, -0.25) is 19.5 Å². The van der Waals surface area contributed by atoms with Gasteiger partial charge in [0.15, 0.2) is 23.6 Å².